The summed E-state index contributed by atoms with van der Waals surface area (Å²) in [6.07, 6.45) is -5.70. The molecule has 0 aromatic heterocycles. The van der Waals surface area contributed by atoms with Crippen LogP contribution in [0.1, 0.15) is 0 Å². The first-order valence-corrected chi connectivity index (χ1v) is 5.10. The van der Waals surface area contributed by atoms with Gasteiger partial charge in [-0.15, -0.1) is 0 Å². The quantitative estimate of drug-likeness (QED) is 0.191. The average molecular weight is 615 g/mol. The van der Waals surface area contributed by atoms with Gasteiger partial charge in [-0.05, 0) is 11.5 Å². The summed E-state index contributed by atoms with van der Waals surface area (Å²) in [5.41, 5.74) is 2.12. The van der Waals surface area contributed by atoms with E-state index in [-0.39, 0.29) is 57.9 Å². The van der Waals surface area contributed by atoms with Crippen LogP contribution in [0.4, 0.5) is 43.9 Å². The third-order valence-electron chi connectivity index (χ3n) is 2.15. The second kappa shape index (κ2) is 12.1. The summed E-state index contributed by atoms with van der Waals surface area (Å²) < 4.78 is 120. The number of allylic oxidation sites excluding steroid dienone is 6. The molecule has 0 nitrogen and oxygen atoms in total. The molecule has 2 atom stereocenters. The SMILES string of the molecule is FC1=C=C(F)C(F)C(F)=C1F.FC1=C=C(F)C(F)C(F)=C1F.[Br-].[Br-].[Sn+2]. The number of rotatable bonds is 0. The molecule has 0 saturated carbocycles. The number of hydrogen-bond acceptors (Lipinski definition) is 0. The third-order valence-corrected chi connectivity index (χ3v) is 2.15. The Morgan fingerprint density at radius 1 is 0.560 bits per heavy atom. The van der Waals surface area contributed by atoms with E-state index in [4.69, 9.17) is 0 Å². The molecule has 13 heteroatoms. The molecule has 2 aliphatic rings. The molecule has 0 aliphatic heterocycles. The van der Waals surface area contributed by atoms with Crippen LogP contribution in [-0.2, 0) is 0 Å². The molecule has 0 aromatic rings. The average Bonchev–Trinajstić information content (AvgIpc) is 2.47. The van der Waals surface area contributed by atoms with Gasteiger partial charge in [0.15, 0.2) is 23.3 Å². The van der Waals surface area contributed by atoms with Gasteiger partial charge in [0.25, 0.3) is 0 Å². The molecule has 0 bridgehead atoms. The summed E-state index contributed by atoms with van der Waals surface area (Å²) in [5.74, 6) is -15.5. The second-order valence-corrected chi connectivity index (χ2v) is 3.62. The van der Waals surface area contributed by atoms with Crippen LogP contribution in [-0.4, -0.2) is 36.3 Å². The third kappa shape index (κ3) is 7.01. The van der Waals surface area contributed by atoms with E-state index >= 15 is 0 Å². The summed E-state index contributed by atoms with van der Waals surface area (Å²) in [6.45, 7) is 0. The molecular formula is C12H2Br2F10Sn. The van der Waals surface area contributed by atoms with E-state index in [0.29, 0.717) is 0 Å². The monoisotopic (exact) mass is 614 g/mol. The Hall–Kier alpha value is -0.421. The molecule has 2 aliphatic carbocycles. The van der Waals surface area contributed by atoms with Crippen molar-refractivity contribution in [3.05, 3.63) is 58.1 Å². The minimum Gasteiger partial charge on any atom is -1.00 e. The van der Waals surface area contributed by atoms with Gasteiger partial charge in [0, 0.05) is 0 Å². The predicted molar refractivity (Wildman–Crippen MR) is 59.5 cm³/mol. The van der Waals surface area contributed by atoms with Gasteiger partial charge in [-0.3, -0.25) is 0 Å². The van der Waals surface area contributed by atoms with E-state index in [1.165, 1.54) is 0 Å². The Balaban J connectivity index is -0.000000346. The molecule has 0 amide bonds. The molecule has 0 N–H and O–H groups in total. The molecule has 0 saturated heterocycles. The van der Waals surface area contributed by atoms with Crippen molar-refractivity contribution in [2.24, 2.45) is 0 Å². The fourth-order valence-corrected chi connectivity index (χ4v) is 1.10. The topological polar surface area (TPSA) is 0 Å². The Labute approximate surface area is 171 Å². The second-order valence-electron chi connectivity index (χ2n) is 3.62. The first kappa shape index (κ1) is 29.3. The summed E-state index contributed by atoms with van der Waals surface area (Å²) >= 11 is 0. The van der Waals surface area contributed by atoms with Crippen molar-refractivity contribution in [1.82, 2.24) is 0 Å². The van der Waals surface area contributed by atoms with Crippen molar-refractivity contribution in [3.63, 3.8) is 0 Å². The molecular weight excluding hydrogens is 613 g/mol. The first-order valence-electron chi connectivity index (χ1n) is 5.10. The van der Waals surface area contributed by atoms with Crippen LogP contribution in [0, 0.1) is 0 Å². The van der Waals surface area contributed by atoms with Crippen molar-refractivity contribution in [3.8, 4) is 0 Å². The Bertz CT molecular complexity index is 639. The van der Waals surface area contributed by atoms with Crippen molar-refractivity contribution in [2.45, 2.75) is 12.3 Å². The maximum absolute atomic E-state index is 12.1. The number of halogens is 12. The van der Waals surface area contributed by atoms with Crippen LogP contribution >= 0.6 is 0 Å². The normalized spacial score (nSPS) is 22.0. The van der Waals surface area contributed by atoms with Crippen LogP contribution < -0.4 is 34.0 Å². The van der Waals surface area contributed by atoms with Gasteiger partial charge >= 0.3 is 23.9 Å². The summed E-state index contributed by atoms with van der Waals surface area (Å²) in [5, 5.41) is 0. The van der Waals surface area contributed by atoms with E-state index in [1.54, 1.807) is 0 Å². The molecule has 0 spiro atoms. The van der Waals surface area contributed by atoms with E-state index in [2.05, 4.69) is 0 Å². The zero-order valence-corrected chi connectivity index (χ0v) is 17.2. The van der Waals surface area contributed by atoms with Gasteiger partial charge in [0.1, 0.15) is 0 Å². The van der Waals surface area contributed by atoms with Crippen LogP contribution in [0.5, 0.6) is 0 Å². The predicted octanol–water partition coefficient (Wildman–Crippen LogP) is -0.784. The Morgan fingerprint density at radius 3 is 1.04 bits per heavy atom. The maximum Gasteiger partial charge on any atom is 2.00 e. The smallest absolute Gasteiger partial charge is 1.00 e. The van der Waals surface area contributed by atoms with Gasteiger partial charge in [0.05, 0.1) is 0 Å². The minimum atomic E-state index is -2.85. The molecule has 138 valence electrons. The number of alkyl halides is 2. The van der Waals surface area contributed by atoms with Crippen molar-refractivity contribution < 1.29 is 77.9 Å². The van der Waals surface area contributed by atoms with Gasteiger partial charge in [-0.1, -0.05) is 0 Å². The molecule has 0 aromatic carbocycles. The molecule has 2 rings (SSSR count). The fraction of sp³-hybridized carbons (Fsp3) is 0.167. The largest absolute Gasteiger partial charge is 2.00 e. The zero-order valence-electron chi connectivity index (χ0n) is 11.2. The molecule has 0 fully saturated rings. The van der Waals surface area contributed by atoms with Gasteiger partial charge in [-0.2, -0.15) is 17.6 Å². The minimum absolute atomic E-state index is 0. The van der Waals surface area contributed by atoms with Gasteiger partial charge < -0.3 is 34.0 Å². The molecule has 2 radical (unpaired) electrons. The Morgan fingerprint density at radius 2 is 0.800 bits per heavy atom. The van der Waals surface area contributed by atoms with Crippen LogP contribution in [0.2, 0.25) is 0 Å². The summed E-state index contributed by atoms with van der Waals surface area (Å²) in [6, 6.07) is 0. The van der Waals surface area contributed by atoms with Gasteiger partial charge in [0.2, 0.25) is 35.7 Å². The molecule has 0 heterocycles. The van der Waals surface area contributed by atoms with Crippen LogP contribution in [0.25, 0.3) is 0 Å². The standard InChI is InChI=1S/2C6HF5.2BrH.Sn/c2*7-2-1-3(8)5(10)6(11)4(2)9;;;/h2*4H;2*1H;/q;;;;+2/p-2. The van der Waals surface area contributed by atoms with E-state index in [9.17, 15) is 43.9 Å². The van der Waals surface area contributed by atoms with E-state index < -0.39 is 59.0 Å². The van der Waals surface area contributed by atoms with Crippen molar-refractivity contribution >= 4 is 23.9 Å². The zero-order chi connectivity index (χ0) is 17.2. The number of hydrogen-bond donors (Lipinski definition) is 0. The maximum atomic E-state index is 12.1. The van der Waals surface area contributed by atoms with E-state index in [1.807, 2.05) is 0 Å². The van der Waals surface area contributed by atoms with Crippen molar-refractivity contribution in [2.75, 3.05) is 0 Å². The van der Waals surface area contributed by atoms with E-state index in [0.717, 1.165) is 11.5 Å². The van der Waals surface area contributed by atoms with Crippen LogP contribution in [0.15, 0.2) is 58.1 Å². The summed E-state index contributed by atoms with van der Waals surface area (Å²) in [7, 11) is 0. The molecule has 2 unspecified atom stereocenters. The first-order chi connectivity index (χ1) is 10.1. The molecule has 25 heavy (non-hydrogen) atoms. The van der Waals surface area contributed by atoms with Crippen molar-refractivity contribution in [1.29, 1.82) is 0 Å². The summed E-state index contributed by atoms with van der Waals surface area (Å²) in [4.78, 5) is 0. The van der Waals surface area contributed by atoms with Crippen LogP contribution in [0.3, 0.4) is 0 Å². The fourth-order valence-electron chi connectivity index (χ4n) is 1.10. The Kier molecular flexibility index (Phi) is 14.1. The van der Waals surface area contributed by atoms with Gasteiger partial charge in [-0.25, -0.2) is 26.3 Å².